The highest BCUT2D eigenvalue weighted by Crippen LogP contribution is 2.60. The molecule has 0 saturated heterocycles. The summed E-state index contributed by atoms with van der Waals surface area (Å²) in [4.78, 5) is 29.9. The summed E-state index contributed by atoms with van der Waals surface area (Å²) < 4.78 is 25.9. The molecule has 4 atom stereocenters. The minimum absolute atomic E-state index is 0.149. The quantitative estimate of drug-likeness (QED) is 0.204. The maximum atomic E-state index is 14.9. The molecule has 0 fully saturated rings. The molecular formula is C38H32O6. The Morgan fingerprint density at radius 1 is 0.568 bits per heavy atom. The highest BCUT2D eigenvalue weighted by molar-refractivity contribution is 6.25. The van der Waals surface area contributed by atoms with E-state index in [1.807, 2.05) is 76.2 Å². The van der Waals surface area contributed by atoms with Crippen LogP contribution in [0, 0.1) is 11.8 Å². The van der Waals surface area contributed by atoms with E-state index >= 15 is 0 Å². The number of allylic oxidation sites excluding steroid dienone is 2. The van der Waals surface area contributed by atoms with Crippen LogP contribution < -0.4 is 9.47 Å². The Labute approximate surface area is 255 Å². The first-order valence-corrected chi connectivity index (χ1v) is 15.4. The van der Waals surface area contributed by atoms with Crippen LogP contribution in [0.3, 0.4) is 0 Å². The van der Waals surface area contributed by atoms with E-state index in [0.29, 0.717) is 24.4 Å². The summed E-state index contributed by atoms with van der Waals surface area (Å²) in [6, 6.07) is 24.3. The highest BCUT2D eigenvalue weighted by atomic mass is 16.5. The molecule has 4 aromatic carbocycles. The average Bonchev–Trinajstić information content (AvgIpc) is 3.02. The van der Waals surface area contributed by atoms with Gasteiger partial charge in [-0.25, -0.2) is 0 Å². The van der Waals surface area contributed by atoms with Gasteiger partial charge in [-0.1, -0.05) is 60.7 Å². The van der Waals surface area contributed by atoms with Crippen LogP contribution in [0.1, 0.15) is 50.7 Å². The zero-order valence-electron chi connectivity index (χ0n) is 25.1. The Bertz CT molecular complexity index is 1900. The maximum Gasteiger partial charge on any atom is 0.228 e. The lowest BCUT2D eigenvalue weighted by Crippen LogP contribution is -2.54. The van der Waals surface area contributed by atoms with E-state index in [4.69, 9.17) is 18.9 Å². The molecule has 5 aliphatic rings. The summed E-state index contributed by atoms with van der Waals surface area (Å²) in [5.41, 5.74) is 1.12. The topological polar surface area (TPSA) is 71.1 Å². The summed E-state index contributed by atoms with van der Waals surface area (Å²) in [5.74, 6) is 0.107. The van der Waals surface area contributed by atoms with Crippen molar-refractivity contribution in [3.63, 3.8) is 0 Å². The van der Waals surface area contributed by atoms with Gasteiger partial charge in [-0.15, -0.1) is 0 Å². The Balaban J connectivity index is 1.30. The number of Topliss-reactive ketones (excluding diaryl/α,β-unsaturated/α-hetero) is 2. The third kappa shape index (κ3) is 3.26. The molecule has 4 aromatic rings. The van der Waals surface area contributed by atoms with Crippen LogP contribution in [0.2, 0.25) is 0 Å². The second kappa shape index (κ2) is 8.53. The second-order valence-corrected chi connectivity index (χ2v) is 13.7. The van der Waals surface area contributed by atoms with Gasteiger partial charge in [-0.05, 0) is 61.4 Å². The van der Waals surface area contributed by atoms with Crippen LogP contribution in [0.25, 0.3) is 21.5 Å². The van der Waals surface area contributed by atoms with E-state index in [0.717, 1.165) is 44.2 Å². The number of ketones is 2. The van der Waals surface area contributed by atoms with Crippen LogP contribution in [0.5, 0.6) is 11.5 Å². The van der Waals surface area contributed by atoms with Gasteiger partial charge in [0.05, 0.1) is 24.4 Å². The number of fused-ring (bicyclic) bond motifs is 12. The molecule has 9 rings (SSSR count). The predicted octanol–water partition coefficient (Wildman–Crippen LogP) is 7.16. The standard InChI is InChI=1S/C38H32O6/c1-37(2)23-17-41-25-15-13-19-9-5-7-11-21(19)27(25)29(23)31-34(40)36-32(33(39)35(31)43-37)30-24(38(3,4)44-36)18-42-26-16-14-20-10-6-8-12-22(20)28(26)30/h5-16,23-24,29-30H,17-18H2,1-4H3/t23-,24+,29-,30+. The van der Waals surface area contributed by atoms with Crippen LogP contribution in [0.4, 0.5) is 0 Å². The van der Waals surface area contributed by atoms with E-state index in [-0.39, 0.29) is 46.8 Å². The monoisotopic (exact) mass is 584 g/mol. The van der Waals surface area contributed by atoms with Crippen LogP contribution in [-0.4, -0.2) is 36.0 Å². The molecule has 1 aliphatic carbocycles. The lowest BCUT2D eigenvalue weighted by atomic mass is 9.62. The van der Waals surface area contributed by atoms with Gasteiger partial charge in [0.1, 0.15) is 22.7 Å². The first kappa shape index (κ1) is 25.9. The Morgan fingerprint density at radius 3 is 1.41 bits per heavy atom. The molecule has 4 aliphatic heterocycles. The highest BCUT2D eigenvalue weighted by Gasteiger charge is 2.60. The van der Waals surface area contributed by atoms with Gasteiger partial charge in [0, 0.05) is 34.8 Å². The van der Waals surface area contributed by atoms with Gasteiger partial charge in [-0.2, -0.15) is 0 Å². The third-order valence-corrected chi connectivity index (χ3v) is 10.7. The number of benzene rings is 4. The number of carbonyl (C=O) groups is 2. The number of rotatable bonds is 0. The minimum Gasteiger partial charge on any atom is -0.493 e. The summed E-state index contributed by atoms with van der Waals surface area (Å²) in [7, 11) is 0. The summed E-state index contributed by atoms with van der Waals surface area (Å²) in [5, 5.41) is 4.14. The molecule has 44 heavy (non-hydrogen) atoms. The lowest BCUT2D eigenvalue weighted by Gasteiger charge is -2.52. The maximum absolute atomic E-state index is 14.9. The molecule has 0 N–H and O–H groups in total. The lowest BCUT2D eigenvalue weighted by molar-refractivity contribution is -0.139. The fourth-order valence-electron chi connectivity index (χ4n) is 8.43. The fraction of sp³-hybridized carbons (Fsp3) is 0.316. The zero-order chi connectivity index (χ0) is 30.1. The molecule has 0 bridgehead atoms. The summed E-state index contributed by atoms with van der Waals surface area (Å²) in [6.45, 7) is 8.74. The Morgan fingerprint density at radius 2 is 0.977 bits per heavy atom. The van der Waals surface area contributed by atoms with Crippen molar-refractivity contribution in [3.8, 4) is 11.5 Å². The largest absolute Gasteiger partial charge is 0.493 e. The minimum atomic E-state index is -0.763. The second-order valence-electron chi connectivity index (χ2n) is 13.7. The first-order chi connectivity index (χ1) is 21.2. The summed E-state index contributed by atoms with van der Waals surface area (Å²) >= 11 is 0. The average molecular weight is 585 g/mol. The predicted molar refractivity (Wildman–Crippen MR) is 166 cm³/mol. The van der Waals surface area contributed by atoms with Gasteiger partial charge < -0.3 is 18.9 Å². The van der Waals surface area contributed by atoms with Gasteiger partial charge in [0.15, 0.2) is 11.5 Å². The first-order valence-electron chi connectivity index (χ1n) is 15.4. The van der Waals surface area contributed by atoms with E-state index in [1.165, 1.54) is 0 Å². The molecule has 0 saturated carbocycles. The van der Waals surface area contributed by atoms with Crippen molar-refractivity contribution in [2.24, 2.45) is 11.8 Å². The van der Waals surface area contributed by atoms with Gasteiger partial charge >= 0.3 is 0 Å². The number of ether oxygens (including phenoxy) is 4. The molecule has 6 nitrogen and oxygen atoms in total. The van der Waals surface area contributed by atoms with Crippen molar-refractivity contribution in [2.45, 2.75) is 50.7 Å². The fourth-order valence-corrected chi connectivity index (χ4v) is 8.43. The molecule has 0 radical (unpaired) electrons. The number of hydrogen-bond donors (Lipinski definition) is 0. The van der Waals surface area contributed by atoms with Crippen molar-refractivity contribution >= 4 is 33.1 Å². The zero-order valence-corrected chi connectivity index (χ0v) is 25.1. The van der Waals surface area contributed by atoms with Crippen molar-refractivity contribution in [2.75, 3.05) is 13.2 Å². The van der Waals surface area contributed by atoms with Crippen molar-refractivity contribution < 1.29 is 28.5 Å². The van der Waals surface area contributed by atoms with Gasteiger partial charge in [0.25, 0.3) is 0 Å². The van der Waals surface area contributed by atoms with Crippen molar-refractivity contribution in [1.29, 1.82) is 0 Å². The van der Waals surface area contributed by atoms with Crippen LogP contribution in [0.15, 0.2) is 95.5 Å². The van der Waals surface area contributed by atoms with Crippen LogP contribution >= 0.6 is 0 Å². The molecule has 0 aromatic heterocycles. The molecular weight excluding hydrogens is 552 g/mol. The van der Waals surface area contributed by atoms with E-state index in [2.05, 4.69) is 24.3 Å². The third-order valence-electron chi connectivity index (χ3n) is 10.7. The SMILES string of the molecule is CC1(C)OC2=C(C(=O)C3=C(C2=O)[C@@H]2c4c(ccc5ccccc45)OC[C@@H]2C(C)(C)O3)[C@H]2c3c(ccc4ccccc34)OC[C@H]21. The molecule has 0 unspecified atom stereocenters. The number of carbonyl (C=O) groups excluding carboxylic acids is 2. The van der Waals surface area contributed by atoms with E-state index in [9.17, 15) is 9.59 Å². The molecule has 4 heterocycles. The van der Waals surface area contributed by atoms with Gasteiger partial charge in [0.2, 0.25) is 11.6 Å². The van der Waals surface area contributed by atoms with Crippen LogP contribution in [-0.2, 0) is 19.1 Å². The van der Waals surface area contributed by atoms with E-state index < -0.39 is 11.2 Å². The smallest absolute Gasteiger partial charge is 0.228 e. The van der Waals surface area contributed by atoms with Crippen molar-refractivity contribution in [1.82, 2.24) is 0 Å². The van der Waals surface area contributed by atoms with Gasteiger partial charge in [-0.3, -0.25) is 9.59 Å². The molecule has 0 spiro atoms. The number of hydrogen-bond acceptors (Lipinski definition) is 6. The molecule has 6 heteroatoms. The Kier molecular flexibility index (Phi) is 5.02. The molecule has 220 valence electrons. The van der Waals surface area contributed by atoms with Crippen molar-refractivity contribution in [3.05, 3.63) is 107 Å². The normalized spacial score (nSPS) is 27.5. The Hall–Kier alpha value is -4.58. The van der Waals surface area contributed by atoms with E-state index in [1.54, 1.807) is 0 Å². The molecule has 0 amide bonds. The summed E-state index contributed by atoms with van der Waals surface area (Å²) in [6.07, 6.45) is 0.